The van der Waals surface area contributed by atoms with Gasteiger partial charge in [0.2, 0.25) is 0 Å². The summed E-state index contributed by atoms with van der Waals surface area (Å²) in [6.45, 7) is 8.68. The average Bonchev–Trinajstić information content (AvgIpc) is 3.32. The molecule has 0 bridgehead atoms. The van der Waals surface area contributed by atoms with Gasteiger partial charge in [0.25, 0.3) is 0 Å². The van der Waals surface area contributed by atoms with E-state index >= 15 is 0 Å². The number of nitrogens with zero attached hydrogens (tertiary/aromatic N) is 1. The second kappa shape index (κ2) is 11.7. The normalized spacial score (nSPS) is 34.1. The number of aliphatic hydroxyl groups excluding tert-OH is 1. The highest BCUT2D eigenvalue weighted by Gasteiger charge is 2.57. The number of halogens is 2. The summed E-state index contributed by atoms with van der Waals surface area (Å²) in [7, 11) is 0. The molecule has 7 rings (SSSR count). The van der Waals surface area contributed by atoms with Crippen molar-refractivity contribution in [3.05, 3.63) is 80.3 Å². The van der Waals surface area contributed by atoms with Crippen molar-refractivity contribution in [3.8, 4) is 0 Å². The molecule has 2 aromatic carbocycles. The Morgan fingerprint density at radius 2 is 1.73 bits per heavy atom. The van der Waals surface area contributed by atoms with Crippen molar-refractivity contribution in [3.63, 3.8) is 0 Å². The maximum atomic E-state index is 11.3. The summed E-state index contributed by atoms with van der Waals surface area (Å²) in [6, 6.07) is 14.3. The monoisotopic (exact) mass is 637 g/mol. The lowest BCUT2D eigenvalue weighted by Gasteiger charge is -2.55. The third kappa shape index (κ3) is 5.66. The Hall–Kier alpha value is -1.89. The van der Waals surface area contributed by atoms with E-state index in [0.717, 1.165) is 62.9 Å². The minimum Gasteiger partial charge on any atom is -0.393 e. The summed E-state index contributed by atoms with van der Waals surface area (Å²) in [5.41, 5.74) is 6.67. The van der Waals surface area contributed by atoms with Crippen LogP contribution in [-0.4, -0.2) is 36.4 Å². The number of hydrogen-bond acceptors (Lipinski definition) is 5. The molecule has 1 heterocycles. The summed E-state index contributed by atoms with van der Waals surface area (Å²) in [5.74, 6) is 1.55. The third-order valence-electron chi connectivity index (χ3n) is 11.6. The van der Waals surface area contributed by atoms with Crippen LogP contribution >= 0.6 is 23.2 Å². The van der Waals surface area contributed by atoms with E-state index in [-0.39, 0.29) is 16.9 Å². The summed E-state index contributed by atoms with van der Waals surface area (Å²) < 4.78 is 13.0. The van der Waals surface area contributed by atoms with E-state index in [9.17, 15) is 5.11 Å². The molecular formula is C37H45Cl2NO4. The molecule has 7 heteroatoms. The quantitative estimate of drug-likeness (QED) is 0.202. The first-order valence-electron chi connectivity index (χ1n) is 16.4. The Morgan fingerprint density at radius 1 is 0.955 bits per heavy atom. The fourth-order valence-corrected chi connectivity index (χ4v) is 9.47. The Balaban J connectivity index is 1.12. The molecule has 5 aliphatic rings. The molecule has 1 spiro atoms. The fraction of sp³-hybridized carbons (Fsp3) is 0.595. The van der Waals surface area contributed by atoms with Crippen molar-refractivity contribution in [1.82, 2.24) is 0 Å². The lowest BCUT2D eigenvalue weighted by molar-refractivity contribution is -0.312. The van der Waals surface area contributed by atoms with Gasteiger partial charge >= 0.3 is 0 Å². The Kier molecular flexibility index (Phi) is 8.19. The lowest BCUT2D eigenvalue weighted by atomic mass is 9.52. The van der Waals surface area contributed by atoms with Crippen LogP contribution in [0, 0.1) is 28.6 Å². The van der Waals surface area contributed by atoms with Crippen LogP contribution in [0.2, 0.25) is 10.0 Å². The van der Waals surface area contributed by atoms with Crippen LogP contribution in [0.5, 0.6) is 0 Å². The molecule has 1 N–H and O–H groups in total. The van der Waals surface area contributed by atoms with Crippen molar-refractivity contribution in [2.45, 2.75) is 96.6 Å². The molecule has 6 atom stereocenters. The topological polar surface area (TPSA) is 60.3 Å². The van der Waals surface area contributed by atoms with Crippen LogP contribution in [0.3, 0.4) is 0 Å². The molecule has 1 saturated heterocycles. The van der Waals surface area contributed by atoms with Gasteiger partial charge in [0.05, 0.1) is 35.6 Å². The van der Waals surface area contributed by atoms with Crippen LogP contribution in [0.25, 0.3) is 0 Å². The van der Waals surface area contributed by atoms with Gasteiger partial charge in [-0.1, -0.05) is 90.6 Å². The van der Waals surface area contributed by atoms with Crippen LogP contribution in [0.15, 0.2) is 58.8 Å². The first kappa shape index (κ1) is 30.7. The highest BCUT2D eigenvalue weighted by atomic mass is 35.5. The largest absolute Gasteiger partial charge is 0.393 e. The standard InChI is InChI=1S/C37H45Cl2NO4/c1-35(2)21-42-37(43-22-35)15-14-27-26(17-37)9-10-28-30-11-13-33(41)36(30,3)18-29(34(27)28)25-7-4-23(5-8-25)19-40-44-20-24-6-12-31(38)32(39)16-24/h4-8,12,16,19,26,28-30,33,41H,9-11,13-15,17-18,20-22H2,1-3H3/b40-19+. The van der Waals surface area contributed by atoms with Crippen LogP contribution in [0.1, 0.15) is 94.7 Å². The van der Waals surface area contributed by atoms with Gasteiger partial charge in [-0.15, -0.1) is 0 Å². The smallest absolute Gasteiger partial charge is 0.169 e. The van der Waals surface area contributed by atoms with Gasteiger partial charge in [-0.25, -0.2) is 0 Å². The van der Waals surface area contributed by atoms with Crippen LogP contribution in [-0.2, 0) is 20.9 Å². The van der Waals surface area contributed by atoms with Crippen LogP contribution in [0.4, 0.5) is 0 Å². The van der Waals surface area contributed by atoms with Crippen molar-refractivity contribution >= 4 is 29.4 Å². The highest BCUT2D eigenvalue weighted by Crippen LogP contribution is 2.65. The minimum atomic E-state index is -0.414. The molecule has 0 aromatic heterocycles. The summed E-state index contributed by atoms with van der Waals surface area (Å²) in [4.78, 5) is 5.54. The van der Waals surface area contributed by atoms with E-state index in [0.29, 0.717) is 40.3 Å². The van der Waals surface area contributed by atoms with Gasteiger partial charge in [-0.05, 0) is 90.5 Å². The molecule has 44 heavy (non-hydrogen) atoms. The van der Waals surface area contributed by atoms with Crippen molar-refractivity contribution in [1.29, 1.82) is 0 Å². The van der Waals surface area contributed by atoms with Crippen molar-refractivity contribution in [2.24, 2.45) is 33.7 Å². The molecule has 0 radical (unpaired) electrons. The Labute approximate surface area is 271 Å². The van der Waals surface area contributed by atoms with Crippen molar-refractivity contribution < 1.29 is 19.4 Å². The zero-order valence-corrected chi connectivity index (χ0v) is 27.7. The molecule has 4 fully saturated rings. The average molecular weight is 639 g/mol. The minimum absolute atomic E-state index is 0.0399. The molecular weight excluding hydrogens is 593 g/mol. The molecule has 1 aliphatic heterocycles. The Morgan fingerprint density at radius 3 is 2.48 bits per heavy atom. The SMILES string of the molecule is CC1(C)COC2(CCC3=C4C(c5ccc(/C=N/OCc6ccc(Cl)c(Cl)c6)cc5)CC5(C)C(O)CCC5C4CCC3C2)OC1. The number of oxime groups is 1. The molecule has 0 amide bonds. The van der Waals surface area contributed by atoms with Gasteiger partial charge in [0.1, 0.15) is 6.61 Å². The first-order valence-corrected chi connectivity index (χ1v) is 17.2. The van der Waals surface area contributed by atoms with E-state index < -0.39 is 5.79 Å². The first-order chi connectivity index (χ1) is 21.1. The molecule has 4 aliphatic carbocycles. The van der Waals surface area contributed by atoms with Gasteiger partial charge in [0.15, 0.2) is 5.79 Å². The van der Waals surface area contributed by atoms with Gasteiger partial charge < -0.3 is 19.4 Å². The molecule has 3 saturated carbocycles. The molecule has 6 unspecified atom stereocenters. The second-order valence-electron chi connectivity index (χ2n) is 15.1. The van der Waals surface area contributed by atoms with Gasteiger partial charge in [0, 0.05) is 24.2 Å². The molecule has 236 valence electrons. The number of fused-ring (bicyclic) bond motifs is 4. The van der Waals surface area contributed by atoms with E-state index in [4.69, 9.17) is 37.5 Å². The number of aliphatic hydroxyl groups is 1. The van der Waals surface area contributed by atoms with E-state index in [2.05, 4.69) is 50.2 Å². The van der Waals surface area contributed by atoms with Crippen LogP contribution < -0.4 is 0 Å². The molecule has 2 aromatic rings. The lowest BCUT2D eigenvalue weighted by Crippen LogP contribution is -2.52. The number of ether oxygens (including phenoxy) is 2. The maximum Gasteiger partial charge on any atom is 0.169 e. The van der Waals surface area contributed by atoms with Gasteiger partial charge in [-0.3, -0.25) is 0 Å². The maximum absolute atomic E-state index is 11.3. The van der Waals surface area contributed by atoms with E-state index in [1.54, 1.807) is 29.5 Å². The number of hydrogen-bond donors (Lipinski definition) is 1. The molecule has 5 nitrogen and oxygen atoms in total. The fourth-order valence-electron chi connectivity index (χ4n) is 9.15. The summed E-state index contributed by atoms with van der Waals surface area (Å²) in [5, 5.41) is 16.5. The highest BCUT2D eigenvalue weighted by molar-refractivity contribution is 6.42. The summed E-state index contributed by atoms with van der Waals surface area (Å²) in [6.07, 6.45) is 9.99. The second-order valence-corrected chi connectivity index (χ2v) is 15.9. The predicted octanol–water partition coefficient (Wildman–Crippen LogP) is 9.08. The zero-order chi connectivity index (χ0) is 30.7. The number of allylic oxidation sites excluding steroid dienone is 2. The van der Waals surface area contributed by atoms with E-state index in [1.165, 1.54) is 18.4 Å². The zero-order valence-electron chi connectivity index (χ0n) is 26.2. The van der Waals surface area contributed by atoms with Gasteiger partial charge in [-0.2, -0.15) is 0 Å². The third-order valence-corrected chi connectivity index (χ3v) is 12.3. The predicted molar refractivity (Wildman–Crippen MR) is 175 cm³/mol. The number of benzene rings is 2. The van der Waals surface area contributed by atoms with E-state index in [1.807, 2.05) is 6.07 Å². The number of rotatable bonds is 5. The Bertz CT molecular complexity index is 1440. The summed E-state index contributed by atoms with van der Waals surface area (Å²) >= 11 is 12.1. The van der Waals surface area contributed by atoms with Crippen molar-refractivity contribution in [2.75, 3.05) is 13.2 Å².